The van der Waals surface area contributed by atoms with Gasteiger partial charge in [-0.25, -0.2) is 8.78 Å². The number of benzene rings is 1. The fourth-order valence-corrected chi connectivity index (χ4v) is 1.81. The number of rotatable bonds is 5. The summed E-state index contributed by atoms with van der Waals surface area (Å²) in [5.74, 6) is 0.208. The highest BCUT2D eigenvalue weighted by Crippen LogP contribution is 2.32. The molecule has 0 atom stereocenters. The molecule has 1 aromatic rings. The van der Waals surface area contributed by atoms with Crippen LogP contribution in [0, 0.1) is 23.5 Å². The standard InChI is InChI=1S/C14H18F2O/c1-9(2)5-12-13(16)6-11(15)7-14(12)17-8-10-3-4-10/h6-7,9-10H,3-5,8H2,1-2H3. The Hall–Kier alpha value is -1.12. The van der Waals surface area contributed by atoms with Gasteiger partial charge in [0.1, 0.15) is 17.4 Å². The molecule has 1 saturated carbocycles. The van der Waals surface area contributed by atoms with Crippen molar-refractivity contribution in [1.82, 2.24) is 0 Å². The first-order valence-corrected chi connectivity index (χ1v) is 6.17. The molecule has 0 amide bonds. The van der Waals surface area contributed by atoms with Gasteiger partial charge in [0.05, 0.1) is 6.61 Å². The van der Waals surface area contributed by atoms with E-state index in [-0.39, 0.29) is 0 Å². The van der Waals surface area contributed by atoms with Crippen LogP contribution in [-0.4, -0.2) is 6.61 Å². The van der Waals surface area contributed by atoms with Crippen LogP contribution in [0.2, 0.25) is 0 Å². The third-order valence-corrected chi connectivity index (χ3v) is 2.90. The van der Waals surface area contributed by atoms with Gasteiger partial charge in [0.25, 0.3) is 0 Å². The van der Waals surface area contributed by atoms with Gasteiger partial charge in [-0.2, -0.15) is 0 Å². The van der Waals surface area contributed by atoms with Crippen LogP contribution in [0.1, 0.15) is 32.3 Å². The van der Waals surface area contributed by atoms with Crippen molar-refractivity contribution in [2.75, 3.05) is 6.61 Å². The van der Waals surface area contributed by atoms with Gasteiger partial charge in [0, 0.05) is 17.7 Å². The lowest BCUT2D eigenvalue weighted by atomic mass is 10.0. The van der Waals surface area contributed by atoms with E-state index in [1.165, 1.54) is 6.07 Å². The molecule has 1 aromatic carbocycles. The smallest absolute Gasteiger partial charge is 0.133 e. The molecular formula is C14H18F2O. The van der Waals surface area contributed by atoms with Crippen molar-refractivity contribution < 1.29 is 13.5 Å². The Morgan fingerprint density at radius 3 is 2.59 bits per heavy atom. The van der Waals surface area contributed by atoms with E-state index in [1.807, 2.05) is 13.8 Å². The molecule has 0 saturated heterocycles. The van der Waals surface area contributed by atoms with Gasteiger partial charge < -0.3 is 4.74 Å². The van der Waals surface area contributed by atoms with Gasteiger partial charge in [-0.1, -0.05) is 13.8 Å². The van der Waals surface area contributed by atoms with Crippen molar-refractivity contribution in [1.29, 1.82) is 0 Å². The minimum Gasteiger partial charge on any atom is -0.493 e. The molecule has 0 aromatic heterocycles. The molecule has 1 nitrogen and oxygen atoms in total. The van der Waals surface area contributed by atoms with Crippen LogP contribution < -0.4 is 4.74 Å². The van der Waals surface area contributed by atoms with Crippen LogP contribution in [0.15, 0.2) is 12.1 Å². The topological polar surface area (TPSA) is 9.23 Å². The molecule has 17 heavy (non-hydrogen) atoms. The van der Waals surface area contributed by atoms with E-state index >= 15 is 0 Å². The molecule has 0 unspecified atom stereocenters. The lowest BCUT2D eigenvalue weighted by Crippen LogP contribution is -2.06. The molecule has 1 aliphatic carbocycles. The van der Waals surface area contributed by atoms with Crippen LogP contribution >= 0.6 is 0 Å². The maximum atomic E-state index is 13.7. The second-order valence-electron chi connectivity index (χ2n) is 5.22. The first kappa shape index (κ1) is 12.3. The van der Waals surface area contributed by atoms with Gasteiger partial charge in [0.2, 0.25) is 0 Å². The highest BCUT2D eigenvalue weighted by molar-refractivity contribution is 5.35. The fraction of sp³-hybridized carbons (Fsp3) is 0.571. The Morgan fingerprint density at radius 2 is 2.00 bits per heavy atom. The molecule has 94 valence electrons. The Balaban J connectivity index is 2.18. The Kier molecular flexibility index (Phi) is 3.65. The number of ether oxygens (including phenoxy) is 1. The van der Waals surface area contributed by atoms with Crippen LogP contribution in [0.4, 0.5) is 8.78 Å². The summed E-state index contributed by atoms with van der Waals surface area (Å²) < 4.78 is 32.4. The second kappa shape index (κ2) is 5.03. The summed E-state index contributed by atoms with van der Waals surface area (Å²) in [5.41, 5.74) is 0.502. The summed E-state index contributed by atoms with van der Waals surface area (Å²) in [6.07, 6.45) is 2.90. The minimum absolute atomic E-state index is 0.318. The van der Waals surface area contributed by atoms with E-state index in [4.69, 9.17) is 4.74 Å². The van der Waals surface area contributed by atoms with Crippen molar-refractivity contribution in [3.63, 3.8) is 0 Å². The summed E-state index contributed by atoms with van der Waals surface area (Å²) in [6.45, 7) is 4.59. The summed E-state index contributed by atoms with van der Waals surface area (Å²) >= 11 is 0. The molecule has 0 spiro atoms. The van der Waals surface area contributed by atoms with Gasteiger partial charge in [-0.05, 0) is 31.1 Å². The summed E-state index contributed by atoms with van der Waals surface area (Å²) in [5, 5.41) is 0. The molecule has 3 heteroatoms. The largest absolute Gasteiger partial charge is 0.493 e. The Bertz CT molecular complexity index is 397. The summed E-state index contributed by atoms with van der Waals surface area (Å²) in [4.78, 5) is 0. The predicted octanol–water partition coefficient (Wildman–Crippen LogP) is 3.95. The maximum absolute atomic E-state index is 13.7. The predicted molar refractivity (Wildman–Crippen MR) is 63.1 cm³/mol. The quantitative estimate of drug-likeness (QED) is 0.757. The van der Waals surface area contributed by atoms with Crippen LogP contribution in [0.25, 0.3) is 0 Å². The lowest BCUT2D eigenvalue weighted by molar-refractivity contribution is 0.291. The Morgan fingerprint density at radius 1 is 1.29 bits per heavy atom. The average molecular weight is 240 g/mol. The van der Waals surface area contributed by atoms with Crippen molar-refractivity contribution in [2.24, 2.45) is 11.8 Å². The monoisotopic (exact) mass is 240 g/mol. The highest BCUT2D eigenvalue weighted by Gasteiger charge is 2.23. The van der Waals surface area contributed by atoms with Crippen molar-refractivity contribution in [2.45, 2.75) is 33.1 Å². The number of hydrogen-bond donors (Lipinski definition) is 0. The normalized spacial score (nSPS) is 15.4. The number of halogens is 2. The van der Waals surface area contributed by atoms with Gasteiger partial charge in [-0.15, -0.1) is 0 Å². The van der Waals surface area contributed by atoms with Crippen LogP contribution in [0.5, 0.6) is 5.75 Å². The third-order valence-electron chi connectivity index (χ3n) is 2.90. The summed E-state index contributed by atoms with van der Waals surface area (Å²) in [7, 11) is 0. The van der Waals surface area contributed by atoms with Crippen molar-refractivity contribution in [3.8, 4) is 5.75 Å². The van der Waals surface area contributed by atoms with E-state index in [1.54, 1.807) is 0 Å². The number of hydrogen-bond acceptors (Lipinski definition) is 1. The SMILES string of the molecule is CC(C)Cc1c(F)cc(F)cc1OCC1CC1. The molecule has 0 heterocycles. The van der Waals surface area contributed by atoms with E-state index < -0.39 is 11.6 Å². The first-order chi connectivity index (χ1) is 8.06. The van der Waals surface area contributed by atoms with Crippen LogP contribution in [-0.2, 0) is 6.42 Å². The molecule has 0 radical (unpaired) electrons. The van der Waals surface area contributed by atoms with Gasteiger partial charge in [0.15, 0.2) is 0 Å². The van der Waals surface area contributed by atoms with Crippen LogP contribution in [0.3, 0.4) is 0 Å². The van der Waals surface area contributed by atoms with E-state index in [2.05, 4.69) is 0 Å². The maximum Gasteiger partial charge on any atom is 0.133 e. The van der Waals surface area contributed by atoms with Gasteiger partial charge in [-0.3, -0.25) is 0 Å². The minimum atomic E-state index is -0.569. The zero-order valence-corrected chi connectivity index (χ0v) is 10.3. The molecule has 0 aliphatic heterocycles. The van der Waals surface area contributed by atoms with Gasteiger partial charge >= 0.3 is 0 Å². The first-order valence-electron chi connectivity index (χ1n) is 6.17. The zero-order valence-electron chi connectivity index (χ0n) is 10.3. The molecule has 0 bridgehead atoms. The molecule has 1 fully saturated rings. The zero-order chi connectivity index (χ0) is 12.4. The molecule has 0 N–H and O–H groups in total. The van der Waals surface area contributed by atoms with Crippen molar-refractivity contribution in [3.05, 3.63) is 29.3 Å². The molecule has 1 aliphatic rings. The molecular weight excluding hydrogens is 222 g/mol. The fourth-order valence-electron chi connectivity index (χ4n) is 1.81. The lowest BCUT2D eigenvalue weighted by Gasteiger charge is -2.14. The molecule has 2 rings (SSSR count). The van der Waals surface area contributed by atoms with E-state index in [0.29, 0.717) is 36.2 Å². The summed E-state index contributed by atoms with van der Waals surface area (Å²) in [6, 6.07) is 2.23. The third kappa shape index (κ3) is 3.42. The highest BCUT2D eigenvalue weighted by atomic mass is 19.1. The van der Waals surface area contributed by atoms with Crippen molar-refractivity contribution >= 4 is 0 Å². The second-order valence-corrected chi connectivity index (χ2v) is 5.22. The van der Waals surface area contributed by atoms with E-state index in [9.17, 15) is 8.78 Å². The Labute approximate surface area is 101 Å². The van der Waals surface area contributed by atoms with E-state index in [0.717, 1.165) is 18.9 Å². The average Bonchev–Trinajstić information content (AvgIpc) is 3.02.